The topological polar surface area (TPSA) is 24.9 Å². The van der Waals surface area contributed by atoms with Gasteiger partial charge >= 0.3 is 0 Å². The Balaban J connectivity index is 2.62. The molecule has 0 aliphatic carbocycles. The van der Waals surface area contributed by atoms with Gasteiger partial charge in [-0.25, -0.2) is 4.98 Å². The maximum absolute atomic E-state index is 5.88. The average Bonchev–Trinajstić information content (AvgIpc) is 2.62. The summed E-state index contributed by atoms with van der Waals surface area (Å²) in [6.07, 6.45) is 3.85. The smallest absolute Gasteiger partial charge is 0.117 e. The van der Waals surface area contributed by atoms with Gasteiger partial charge in [-0.05, 0) is 24.5 Å². The van der Waals surface area contributed by atoms with Gasteiger partial charge in [0.25, 0.3) is 0 Å². The van der Waals surface area contributed by atoms with Crippen LogP contribution in [0.5, 0.6) is 0 Å². The zero-order chi connectivity index (χ0) is 12.8. The fraction of sp³-hybridized carbons (Fsp3) is 0.615. The van der Waals surface area contributed by atoms with E-state index in [4.69, 9.17) is 11.6 Å². The van der Waals surface area contributed by atoms with Crippen LogP contribution < -0.4 is 5.32 Å². The Morgan fingerprint density at radius 1 is 1.47 bits per heavy atom. The summed E-state index contributed by atoms with van der Waals surface area (Å²) in [5.41, 5.74) is 1.37. The van der Waals surface area contributed by atoms with Crippen LogP contribution in [0.2, 0.25) is 4.34 Å². The van der Waals surface area contributed by atoms with Gasteiger partial charge in [0.2, 0.25) is 0 Å². The fourth-order valence-corrected chi connectivity index (χ4v) is 2.33. The van der Waals surface area contributed by atoms with Crippen LogP contribution in [-0.4, -0.2) is 18.1 Å². The maximum atomic E-state index is 5.88. The molecule has 0 saturated carbocycles. The summed E-state index contributed by atoms with van der Waals surface area (Å²) in [5, 5.41) is 4.46. The van der Waals surface area contributed by atoms with Crippen molar-refractivity contribution in [2.24, 2.45) is 11.8 Å². The minimum atomic E-state index is 0.525. The van der Waals surface area contributed by atoms with E-state index in [2.05, 4.69) is 44.1 Å². The minimum Gasteiger partial charge on any atom is -0.313 e. The predicted octanol–water partition coefficient (Wildman–Crippen LogP) is 4.08. The van der Waals surface area contributed by atoms with E-state index in [0.29, 0.717) is 11.8 Å². The zero-order valence-electron chi connectivity index (χ0n) is 11.0. The monoisotopic (exact) mass is 272 g/mol. The Morgan fingerprint density at radius 3 is 2.65 bits per heavy atom. The highest BCUT2D eigenvalue weighted by atomic mass is 35.5. The molecule has 1 rings (SSSR count). The zero-order valence-corrected chi connectivity index (χ0v) is 12.5. The molecule has 1 aromatic rings. The molecule has 0 radical (unpaired) electrons. The highest BCUT2D eigenvalue weighted by Crippen LogP contribution is 2.22. The third-order valence-electron chi connectivity index (χ3n) is 2.43. The van der Waals surface area contributed by atoms with Crippen LogP contribution in [0.4, 0.5) is 0 Å². The molecule has 0 atom stereocenters. The third-order valence-corrected chi connectivity index (χ3v) is 3.49. The van der Waals surface area contributed by atoms with Crippen molar-refractivity contribution in [1.29, 1.82) is 0 Å². The summed E-state index contributed by atoms with van der Waals surface area (Å²) in [4.78, 5) is 4.26. The molecule has 96 valence electrons. The second kappa shape index (κ2) is 7.14. The molecule has 0 unspecified atom stereocenters. The maximum Gasteiger partial charge on any atom is 0.117 e. The molecule has 0 aliphatic heterocycles. The molecule has 0 aromatic carbocycles. The molecule has 1 N–H and O–H groups in total. The normalized spacial score (nSPS) is 12.8. The second-order valence-corrected chi connectivity index (χ2v) is 6.59. The summed E-state index contributed by atoms with van der Waals surface area (Å²) >= 11 is 7.40. The Morgan fingerprint density at radius 2 is 2.18 bits per heavy atom. The lowest BCUT2D eigenvalue weighted by Gasteiger charge is -2.13. The van der Waals surface area contributed by atoms with E-state index in [1.54, 1.807) is 6.20 Å². The highest BCUT2D eigenvalue weighted by Gasteiger charge is 2.05. The lowest BCUT2D eigenvalue weighted by Crippen LogP contribution is -2.23. The van der Waals surface area contributed by atoms with Crippen molar-refractivity contribution in [3.05, 3.63) is 21.1 Å². The predicted molar refractivity (Wildman–Crippen MR) is 77.6 cm³/mol. The first-order valence-electron chi connectivity index (χ1n) is 6.01. The van der Waals surface area contributed by atoms with Crippen molar-refractivity contribution >= 4 is 29.0 Å². The van der Waals surface area contributed by atoms with Crippen LogP contribution in [0, 0.1) is 11.8 Å². The van der Waals surface area contributed by atoms with Gasteiger partial charge in [-0.3, -0.25) is 0 Å². The van der Waals surface area contributed by atoms with Crippen LogP contribution in [0.15, 0.2) is 11.8 Å². The molecule has 1 heterocycles. The molecule has 1 aromatic heterocycles. The molecule has 2 nitrogen and oxygen atoms in total. The first-order valence-corrected chi connectivity index (χ1v) is 7.21. The molecule has 0 saturated heterocycles. The van der Waals surface area contributed by atoms with E-state index < -0.39 is 0 Å². The lowest BCUT2D eigenvalue weighted by atomic mass is 10.0. The lowest BCUT2D eigenvalue weighted by molar-refractivity contribution is 0.558. The first-order chi connectivity index (χ1) is 7.99. The van der Waals surface area contributed by atoms with Gasteiger partial charge in [-0.1, -0.05) is 44.9 Å². The van der Waals surface area contributed by atoms with Crippen molar-refractivity contribution in [1.82, 2.24) is 10.3 Å². The van der Waals surface area contributed by atoms with Crippen LogP contribution >= 0.6 is 22.9 Å². The SMILES string of the molecule is CC(C)CNC/C(=C/c1ncc(Cl)s1)C(C)C. The number of nitrogens with one attached hydrogen (secondary N) is 1. The summed E-state index contributed by atoms with van der Waals surface area (Å²) in [5.74, 6) is 1.20. The number of hydrogen-bond acceptors (Lipinski definition) is 3. The summed E-state index contributed by atoms with van der Waals surface area (Å²) in [6.45, 7) is 10.8. The quantitative estimate of drug-likeness (QED) is 0.844. The molecule has 0 aliphatic rings. The van der Waals surface area contributed by atoms with Crippen molar-refractivity contribution in [2.45, 2.75) is 27.7 Å². The summed E-state index contributed by atoms with van der Waals surface area (Å²) in [6, 6.07) is 0. The van der Waals surface area contributed by atoms with Gasteiger partial charge < -0.3 is 5.32 Å². The van der Waals surface area contributed by atoms with Gasteiger partial charge in [-0.2, -0.15) is 0 Å². The van der Waals surface area contributed by atoms with Crippen molar-refractivity contribution < 1.29 is 0 Å². The van der Waals surface area contributed by atoms with E-state index in [1.807, 2.05) is 0 Å². The van der Waals surface area contributed by atoms with Gasteiger partial charge in [0.05, 0.1) is 6.20 Å². The number of rotatable bonds is 6. The van der Waals surface area contributed by atoms with Crippen molar-refractivity contribution in [3.8, 4) is 0 Å². The third kappa shape index (κ3) is 5.66. The van der Waals surface area contributed by atoms with E-state index in [1.165, 1.54) is 16.9 Å². The van der Waals surface area contributed by atoms with Crippen molar-refractivity contribution in [2.75, 3.05) is 13.1 Å². The van der Waals surface area contributed by atoms with E-state index in [9.17, 15) is 0 Å². The highest BCUT2D eigenvalue weighted by molar-refractivity contribution is 7.16. The molecule has 0 fully saturated rings. The standard InChI is InChI=1S/C13H21ClN2S/c1-9(2)6-15-7-11(10(3)4)5-13-16-8-12(14)17-13/h5,8-10,15H,6-7H2,1-4H3/b11-5-. The first kappa shape index (κ1) is 14.7. The molecule has 4 heteroatoms. The van der Waals surface area contributed by atoms with Gasteiger partial charge in [0, 0.05) is 6.54 Å². The largest absolute Gasteiger partial charge is 0.313 e. The number of thiazole rings is 1. The summed E-state index contributed by atoms with van der Waals surface area (Å²) < 4.78 is 0.745. The fourth-order valence-electron chi connectivity index (χ4n) is 1.42. The van der Waals surface area contributed by atoms with Crippen LogP contribution in [0.3, 0.4) is 0 Å². The number of hydrogen-bond donors (Lipinski definition) is 1. The Bertz CT molecular complexity index is 369. The Labute approximate surface area is 113 Å². The van der Waals surface area contributed by atoms with E-state index >= 15 is 0 Å². The molecular formula is C13H21ClN2S. The molecule has 0 bridgehead atoms. The number of aromatic nitrogens is 1. The molecule has 17 heavy (non-hydrogen) atoms. The van der Waals surface area contributed by atoms with Gasteiger partial charge in [0.15, 0.2) is 0 Å². The van der Waals surface area contributed by atoms with E-state index in [0.717, 1.165) is 22.4 Å². The molecular weight excluding hydrogens is 252 g/mol. The molecule has 0 amide bonds. The van der Waals surface area contributed by atoms with Gasteiger partial charge in [-0.15, -0.1) is 11.3 Å². The number of halogens is 1. The second-order valence-electron chi connectivity index (χ2n) is 4.90. The minimum absolute atomic E-state index is 0.525. The summed E-state index contributed by atoms with van der Waals surface area (Å²) in [7, 11) is 0. The Kier molecular flexibility index (Phi) is 6.17. The number of nitrogens with zero attached hydrogens (tertiary/aromatic N) is 1. The van der Waals surface area contributed by atoms with Crippen LogP contribution in [-0.2, 0) is 0 Å². The van der Waals surface area contributed by atoms with Crippen molar-refractivity contribution in [3.63, 3.8) is 0 Å². The van der Waals surface area contributed by atoms with Crippen LogP contribution in [0.25, 0.3) is 6.08 Å². The average molecular weight is 273 g/mol. The Hall–Kier alpha value is -0.380. The molecule has 0 spiro atoms. The van der Waals surface area contributed by atoms with Gasteiger partial charge in [0.1, 0.15) is 9.34 Å². The van der Waals surface area contributed by atoms with E-state index in [-0.39, 0.29) is 0 Å². The van der Waals surface area contributed by atoms with Crippen LogP contribution in [0.1, 0.15) is 32.7 Å².